The fourth-order valence-corrected chi connectivity index (χ4v) is 20.9. The highest BCUT2D eigenvalue weighted by atomic mass is 32.1. The Morgan fingerprint density at radius 1 is 0.186 bits per heavy atom. The highest BCUT2D eigenvalue weighted by molar-refractivity contribution is 7.26. The van der Waals surface area contributed by atoms with Crippen molar-refractivity contribution in [2.24, 2.45) is 0 Å². The summed E-state index contributed by atoms with van der Waals surface area (Å²) in [5.41, 5.74) is 21.4. The average molecular weight is 1560 g/mol. The zero-order valence-corrected chi connectivity index (χ0v) is 66.0. The largest absolute Gasteiger partial charge is 0.309 e. The summed E-state index contributed by atoms with van der Waals surface area (Å²) in [7, 11) is 0. The molecule has 0 aliphatic heterocycles. The van der Waals surface area contributed by atoms with E-state index in [0.717, 1.165) is 72.7 Å². The predicted octanol–water partition coefficient (Wildman–Crippen LogP) is 30.2. The lowest BCUT2D eigenvalue weighted by molar-refractivity contribution is 1.01. The summed E-state index contributed by atoms with van der Waals surface area (Å²) in [5, 5.41) is 16.4. The highest BCUT2D eigenvalue weighted by Crippen LogP contribution is 2.46. The third-order valence-corrected chi connectivity index (χ3v) is 26.4. The van der Waals surface area contributed by atoms with E-state index in [1.807, 2.05) is 70.4 Å². The molecular weight excluding hydrogens is 1490 g/mol. The second kappa shape index (κ2) is 28.6. The first kappa shape index (κ1) is 68.8. The summed E-state index contributed by atoms with van der Waals surface area (Å²) < 4.78 is 14.8. The van der Waals surface area contributed by atoms with Crippen LogP contribution in [0.3, 0.4) is 0 Å². The zero-order chi connectivity index (χ0) is 77.7. The van der Waals surface area contributed by atoms with Gasteiger partial charge in [-0.15, -0.1) is 34.0 Å². The molecule has 8 heterocycles. The summed E-state index contributed by atoms with van der Waals surface area (Å²) in [6, 6.07) is 145. The molecule has 0 bridgehead atoms. The number of thiophene rings is 3. The van der Waals surface area contributed by atoms with Crippen LogP contribution in [0.5, 0.6) is 0 Å². The van der Waals surface area contributed by atoms with Crippen LogP contribution in [0.25, 0.3) is 222 Å². The molecule has 0 aliphatic carbocycles. The number of aromatic nitrogens is 7. The van der Waals surface area contributed by atoms with Gasteiger partial charge < -0.3 is 4.57 Å². The van der Waals surface area contributed by atoms with Crippen molar-refractivity contribution in [2.75, 3.05) is 0 Å². The molecule has 0 saturated heterocycles. The van der Waals surface area contributed by atoms with Crippen molar-refractivity contribution < 1.29 is 0 Å². The molecule has 0 atom stereocenters. The van der Waals surface area contributed by atoms with E-state index >= 15 is 0 Å². The van der Waals surface area contributed by atoms with Crippen LogP contribution in [0.2, 0.25) is 0 Å². The van der Waals surface area contributed by atoms with Gasteiger partial charge in [0.05, 0.1) is 50.0 Å². The SMILES string of the molecule is c1ccc(-c2cc(-c3ccccc3)cc(-c3cccc(-n4c5ccccc5c5cc6sc7ccccc7c6cc54)c3)c2)cc1.c1ccc(-c2cc(-n3c4ccccc4c4cc5sc6ccccc6c5cc43)nc(-c3ccccc3)n2)cc1.c1ccc(-c2nc(-n3c4ccccc4c4cc5c(cc43)sc3ccccc35)nc3ccccc23)cc1. The Balaban J connectivity index is 0.000000104. The van der Waals surface area contributed by atoms with Crippen molar-refractivity contribution in [3.8, 4) is 84.7 Å². The lowest BCUT2D eigenvalue weighted by Gasteiger charge is -2.13. The van der Waals surface area contributed by atoms with E-state index in [9.17, 15) is 0 Å². The van der Waals surface area contributed by atoms with Gasteiger partial charge in [0.15, 0.2) is 5.82 Å². The predicted molar refractivity (Wildman–Crippen MR) is 502 cm³/mol. The molecule has 25 aromatic rings. The minimum Gasteiger partial charge on any atom is -0.309 e. The minimum absolute atomic E-state index is 0.694. The minimum atomic E-state index is 0.694. The summed E-state index contributed by atoms with van der Waals surface area (Å²) >= 11 is 5.57. The van der Waals surface area contributed by atoms with E-state index in [1.165, 1.54) is 143 Å². The molecule has 0 spiro atoms. The van der Waals surface area contributed by atoms with E-state index in [2.05, 4.69) is 384 Å². The number of hydrogen-bond acceptors (Lipinski definition) is 7. The molecule has 0 amide bonds. The van der Waals surface area contributed by atoms with Crippen LogP contribution < -0.4 is 0 Å². The Bertz CT molecular complexity index is 8130. The van der Waals surface area contributed by atoms with Crippen LogP contribution in [0.1, 0.15) is 0 Å². The molecular formula is C108H67N7S3. The van der Waals surface area contributed by atoms with E-state index < -0.39 is 0 Å². The number of benzene rings is 17. The average Bonchev–Trinajstić information content (AvgIpc) is 1.58. The van der Waals surface area contributed by atoms with Gasteiger partial charge in [-0.25, -0.2) is 19.9 Å². The standard InChI is InChI=1S/C42H27NS.C34H21N3S.C32H19N3S/c1-3-12-28(13-4-1)31-22-32(29-14-5-2-6-15-29)24-33(23-31)30-16-11-17-34(25-30)43-39-20-9-7-18-35(39)37-27-42-38(26-40(37)43)36-19-8-10-21-41(36)44-42;1-3-11-22(12-4-1)28-21-33(36-34(35-28)23-13-5-2-6-14-23)37-29-17-9-7-15-24(29)26-20-32-27(19-30(26)37)25-16-8-10-18-31(25)38-32;1-2-10-20(11-3-1)31-23-14-4-7-15-26(23)33-32(34-31)35-27-16-8-5-12-21(27)24-18-25-22-13-6-9-17-29(22)36-30(25)19-28(24)35/h1-27H;1-21H;1-19H. The number of para-hydroxylation sites is 4. The first-order valence-corrected chi connectivity index (χ1v) is 42.2. The van der Waals surface area contributed by atoms with E-state index in [-0.39, 0.29) is 0 Å². The molecule has 0 aliphatic rings. The molecule has 10 heteroatoms. The van der Waals surface area contributed by atoms with Crippen molar-refractivity contribution in [3.05, 3.63) is 406 Å². The van der Waals surface area contributed by atoms with Gasteiger partial charge in [0.25, 0.3) is 0 Å². The maximum Gasteiger partial charge on any atom is 0.235 e. The lowest BCUT2D eigenvalue weighted by Crippen LogP contribution is -2.03. The van der Waals surface area contributed by atoms with Gasteiger partial charge >= 0.3 is 0 Å². The first-order chi connectivity index (χ1) is 58.5. The first-order valence-electron chi connectivity index (χ1n) is 39.7. The molecule has 0 unspecified atom stereocenters. The zero-order valence-electron chi connectivity index (χ0n) is 63.5. The molecule has 552 valence electrons. The highest BCUT2D eigenvalue weighted by Gasteiger charge is 2.23. The summed E-state index contributed by atoms with van der Waals surface area (Å²) in [4.78, 5) is 20.4. The van der Waals surface area contributed by atoms with Gasteiger partial charge in [-0.2, -0.15) is 0 Å². The molecule has 7 nitrogen and oxygen atoms in total. The Kier molecular flexibility index (Phi) is 16.7. The van der Waals surface area contributed by atoms with E-state index in [4.69, 9.17) is 19.9 Å². The van der Waals surface area contributed by atoms with E-state index in [0.29, 0.717) is 5.95 Å². The lowest BCUT2D eigenvalue weighted by atomic mass is 9.93. The van der Waals surface area contributed by atoms with Crippen LogP contribution in [0.4, 0.5) is 0 Å². The van der Waals surface area contributed by atoms with Crippen LogP contribution in [-0.4, -0.2) is 33.6 Å². The fourth-order valence-electron chi connectivity index (χ4n) is 17.5. The number of hydrogen-bond donors (Lipinski definition) is 0. The second-order valence-corrected chi connectivity index (χ2v) is 33.2. The summed E-state index contributed by atoms with van der Waals surface area (Å²) in [6.45, 7) is 0. The number of rotatable bonds is 9. The molecule has 118 heavy (non-hydrogen) atoms. The Morgan fingerprint density at radius 3 is 1.12 bits per heavy atom. The normalized spacial score (nSPS) is 11.7. The maximum atomic E-state index is 5.19. The second-order valence-electron chi connectivity index (χ2n) is 30.0. The van der Waals surface area contributed by atoms with Gasteiger partial charge in [-0.05, 0) is 143 Å². The van der Waals surface area contributed by atoms with Crippen molar-refractivity contribution in [1.82, 2.24) is 33.6 Å². The van der Waals surface area contributed by atoms with Crippen molar-refractivity contribution in [2.45, 2.75) is 0 Å². The molecule has 25 rings (SSSR count). The Labute approximate surface area is 690 Å². The molecule has 0 saturated carbocycles. The number of nitrogens with zero attached hydrogens (tertiary/aromatic N) is 7. The topological polar surface area (TPSA) is 66.3 Å². The number of fused-ring (bicyclic) bond motifs is 19. The van der Waals surface area contributed by atoms with Crippen LogP contribution in [0.15, 0.2) is 406 Å². The Morgan fingerprint density at radius 2 is 0.576 bits per heavy atom. The quantitative estimate of drug-likeness (QED) is 0.144. The molecule has 17 aromatic carbocycles. The van der Waals surface area contributed by atoms with Crippen molar-refractivity contribution in [3.63, 3.8) is 0 Å². The summed E-state index contributed by atoms with van der Waals surface area (Å²) in [6.07, 6.45) is 0. The maximum absolute atomic E-state index is 5.19. The monoisotopic (exact) mass is 1560 g/mol. The van der Waals surface area contributed by atoms with Crippen LogP contribution in [0, 0.1) is 0 Å². The summed E-state index contributed by atoms with van der Waals surface area (Å²) in [5.74, 6) is 2.27. The van der Waals surface area contributed by atoms with Gasteiger partial charge in [0.2, 0.25) is 5.95 Å². The van der Waals surface area contributed by atoms with Crippen LogP contribution in [-0.2, 0) is 0 Å². The molecule has 0 N–H and O–H groups in total. The third-order valence-electron chi connectivity index (χ3n) is 23.0. The van der Waals surface area contributed by atoms with Crippen molar-refractivity contribution >= 4 is 171 Å². The smallest absolute Gasteiger partial charge is 0.235 e. The molecule has 8 aromatic heterocycles. The van der Waals surface area contributed by atoms with Crippen LogP contribution >= 0.6 is 34.0 Å². The van der Waals surface area contributed by atoms with Crippen molar-refractivity contribution in [1.29, 1.82) is 0 Å². The third kappa shape index (κ3) is 11.9. The fraction of sp³-hybridized carbons (Fsp3) is 0. The van der Waals surface area contributed by atoms with E-state index in [1.54, 1.807) is 0 Å². The molecule has 0 radical (unpaired) electrons. The van der Waals surface area contributed by atoms with Gasteiger partial charge in [0.1, 0.15) is 5.82 Å². The Hall–Kier alpha value is -14.8. The van der Waals surface area contributed by atoms with Gasteiger partial charge in [-0.3, -0.25) is 9.13 Å². The molecule has 0 fully saturated rings. The van der Waals surface area contributed by atoms with Gasteiger partial charge in [0, 0.05) is 127 Å². The van der Waals surface area contributed by atoms with Gasteiger partial charge in [-0.1, -0.05) is 291 Å².